The van der Waals surface area contributed by atoms with E-state index < -0.39 is 0 Å². The van der Waals surface area contributed by atoms with Gasteiger partial charge in [-0.25, -0.2) is 0 Å². The Balaban J connectivity index is 1.97. The van der Waals surface area contributed by atoms with Crippen molar-refractivity contribution < 1.29 is 0 Å². The van der Waals surface area contributed by atoms with Crippen LogP contribution < -0.4 is 5.32 Å². The molecule has 0 saturated carbocycles. The highest BCUT2D eigenvalue weighted by atomic mass is 15.3. The minimum absolute atomic E-state index is 0.399. The van der Waals surface area contributed by atoms with Crippen LogP contribution in [-0.2, 0) is 0 Å². The van der Waals surface area contributed by atoms with Crippen molar-refractivity contribution in [1.29, 1.82) is 0 Å². The van der Waals surface area contributed by atoms with Gasteiger partial charge in [0.2, 0.25) is 0 Å². The normalized spacial score (nSPS) is 37.8. The van der Waals surface area contributed by atoms with E-state index in [1.807, 2.05) is 0 Å². The van der Waals surface area contributed by atoms with Crippen LogP contribution in [0.15, 0.2) is 12.7 Å². The van der Waals surface area contributed by atoms with E-state index in [9.17, 15) is 0 Å². The first-order valence-corrected chi connectivity index (χ1v) is 5.79. The maximum atomic E-state index is 3.98. The van der Waals surface area contributed by atoms with Gasteiger partial charge in [0.05, 0.1) is 5.54 Å². The number of rotatable bonds is 3. The van der Waals surface area contributed by atoms with Crippen molar-refractivity contribution >= 4 is 0 Å². The Morgan fingerprint density at radius 2 is 2.43 bits per heavy atom. The summed E-state index contributed by atoms with van der Waals surface area (Å²) < 4.78 is 0. The van der Waals surface area contributed by atoms with Gasteiger partial charge in [-0.15, -0.1) is 6.58 Å². The van der Waals surface area contributed by atoms with E-state index in [0.717, 1.165) is 5.92 Å². The highest BCUT2D eigenvalue weighted by Crippen LogP contribution is 2.37. The van der Waals surface area contributed by atoms with Crippen molar-refractivity contribution in [3.63, 3.8) is 0 Å². The van der Waals surface area contributed by atoms with Gasteiger partial charge in [0, 0.05) is 19.1 Å². The van der Waals surface area contributed by atoms with Crippen molar-refractivity contribution in [3.8, 4) is 0 Å². The van der Waals surface area contributed by atoms with Crippen LogP contribution in [0.3, 0.4) is 0 Å². The van der Waals surface area contributed by atoms with Crippen molar-refractivity contribution in [2.24, 2.45) is 5.92 Å². The Bertz CT molecular complexity index is 216. The number of hydrogen-bond acceptors (Lipinski definition) is 2. The average molecular weight is 194 g/mol. The van der Waals surface area contributed by atoms with Gasteiger partial charge in [-0.05, 0) is 25.3 Å². The van der Waals surface area contributed by atoms with Crippen molar-refractivity contribution in [2.75, 3.05) is 19.6 Å². The van der Waals surface area contributed by atoms with E-state index in [2.05, 4.69) is 36.7 Å². The molecule has 0 amide bonds. The number of nitrogens with zero attached hydrogens (tertiary/aromatic N) is 1. The van der Waals surface area contributed by atoms with Crippen LogP contribution in [0.4, 0.5) is 0 Å². The molecule has 2 rings (SSSR count). The summed E-state index contributed by atoms with van der Waals surface area (Å²) in [4.78, 5) is 2.55. The fourth-order valence-corrected chi connectivity index (χ4v) is 3.03. The van der Waals surface area contributed by atoms with E-state index in [-0.39, 0.29) is 0 Å². The Labute approximate surface area is 87.4 Å². The third-order valence-corrected chi connectivity index (χ3v) is 3.54. The molecule has 0 aromatic rings. The molecule has 0 radical (unpaired) electrons. The minimum Gasteiger partial charge on any atom is -0.308 e. The van der Waals surface area contributed by atoms with Crippen LogP contribution in [0.25, 0.3) is 0 Å². The van der Waals surface area contributed by atoms with Crippen molar-refractivity contribution in [1.82, 2.24) is 10.2 Å². The first kappa shape index (κ1) is 10.2. The van der Waals surface area contributed by atoms with Crippen LogP contribution in [0.2, 0.25) is 0 Å². The Morgan fingerprint density at radius 1 is 1.64 bits per heavy atom. The molecule has 2 fully saturated rings. The van der Waals surface area contributed by atoms with Gasteiger partial charge < -0.3 is 5.32 Å². The van der Waals surface area contributed by atoms with Gasteiger partial charge in [0.15, 0.2) is 0 Å². The monoisotopic (exact) mass is 194 g/mol. The average Bonchev–Trinajstić information content (AvgIpc) is 2.53. The molecule has 0 aromatic heterocycles. The molecule has 0 bridgehead atoms. The quantitative estimate of drug-likeness (QED) is 0.687. The first-order valence-electron chi connectivity index (χ1n) is 5.79. The molecule has 0 aromatic carbocycles. The highest BCUT2D eigenvalue weighted by molar-refractivity contribution is 5.19. The molecular weight excluding hydrogens is 172 g/mol. The molecular formula is C12H22N2. The Hall–Kier alpha value is -0.340. The zero-order chi connectivity index (χ0) is 10.2. The van der Waals surface area contributed by atoms with Crippen LogP contribution in [-0.4, -0.2) is 36.1 Å². The van der Waals surface area contributed by atoms with Gasteiger partial charge in [-0.2, -0.15) is 0 Å². The molecule has 2 nitrogen and oxygen atoms in total. The summed E-state index contributed by atoms with van der Waals surface area (Å²) in [7, 11) is 0. The van der Waals surface area contributed by atoms with Gasteiger partial charge >= 0.3 is 0 Å². The zero-order valence-electron chi connectivity index (χ0n) is 9.42. The lowest BCUT2D eigenvalue weighted by atomic mass is 9.78. The lowest BCUT2D eigenvalue weighted by molar-refractivity contribution is -0.00242. The molecule has 0 aliphatic carbocycles. The predicted octanol–water partition coefficient (Wildman–Crippen LogP) is 1.63. The molecule has 80 valence electrons. The lowest BCUT2D eigenvalue weighted by Crippen LogP contribution is -2.73. The van der Waals surface area contributed by atoms with Crippen LogP contribution >= 0.6 is 0 Å². The first-order chi connectivity index (χ1) is 6.68. The zero-order valence-corrected chi connectivity index (χ0v) is 9.42. The smallest absolute Gasteiger partial charge is 0.0502 e. The second kappa shape index (κ2) is 3.67. The summed E-state index contributed by atoms with van der Waals surface area (Å²) in [6.45, 7) is 12.2. The van der Waals surface area contributed by atoms with Crippen molar-refractivity contribution in [3.05, 3.63) is 12.7 Å². The van der Waals surface area contributed by atoms with Gasteiger partial charge in [0.1, 0.15) is 0 Å². The molecule has 2 heterocycles. The summed E-state index contributed by atoms with van der Waals surface area (Å²) in [5.41, 5.74) is 0.399. The van der Waals surface area contributed by atoms with Gasteiger partial charge in [-0.1, -0.05) is 19.9 Å². The third kappa shape index (κ3) is 1.51. The third-order valence-electron chi connectivity index (χ3n) is 3.54. The number of hydrogen-bond donors (Lipinski definition) is 1. The molecule has 1 spiro atoms. The predicted molar refractivity (Wildman–Crippen MR) is 60.4 cm³/mol. The van der Waals surface area contributed by atoms with Crippen LogP contribution in [0.5, 0.6) is 0 Å². The molecule has 2 unspecified atom stereocenters. The van der Waals surface area contributed by atoms with Crippen LogP contribution in [0.1, 0.15) is 26.7 Å². The maximum Gasteiger partial charge on any atom is 0.0502 e. The van der Waals surface area contributed by atoms with Crippen molar-refractivity contribution in [2.45, 2.75) is 38.3 Å². The van der Waals surface area contributed by atoms with E-state index >= 15 is 0 Å². The number of likely N-dealkylation sites (tertiary alicyclic amines) is 1. The molecule has 14 heavy (non-hydrogen) atoms. The molecule has 2 atom stereocenters. The number of nitrogens with one attached hydrogen (secondary N) is 1. The standard InChI is InChI=1S/C12H22N2/c1-4-11-12(6-5-7-13-12)9-14(11)8-10(2)3/h4,10-11,13H,1,5-9H2,2-3H3. The molecule has 2 heteroatoms. The molecule has 2 aliphatic rings. The Morgan fingerprint density at radius 3 is 2.93 bits per heavy atom. The van der Waals surface area contributed by atoms with Gasteiger partial charge in [0.25, 0.3) is 0 Å². The lowest BCUT2D eigenvalue weighted by Gasteiger charge is -2.55. The van der Waals surface area contributed by atoms with Gasteiger partial charge in [-0.3, -0.25) is 4.90 Å². The second-order valence-electron chi connectivity index (χ2n) is 5.19. The largest absolute Gasteiger partial charge is 0.308 e. The van der Waals surface area contributed by atoms with Crippen LogP contribution in [0, 0.1) is 5.92 Å². The summed E-state index contributed by atoms with van der Waals surface area (Å²) in [6.07, 6.45) is 4.79. The van der Waals surface area contributed by atoms with E-state index in [4.69, 9.17) is 0 Å². The molecule has 2 aliphatic heterocycles. The summed E-state index contributed by atoms with van der Waals surface area (Å²) in [5, 5.41) is 3.66. The van der Waals surface area contributed by atoms with E-state index in [0.29, 0.717) is 11.6 Å². The second-order valence-corrected chi connectivity index (χ2v) is 5.19. The Kier molecular flexibility index (Phi) is 2.67. The summed E-state index contributed by atoms with van der Waals surface area (Å²) in [5.74, 6) is 0.760. The summed E-state index contributed by atoms with van der Waals surface area (Å²) in [6, 6.07) is 0.576. The van der Waals surface area contributed by atoms with E-state index in [1.165, 1.54) is 32.5 Å². The SMILES string of the molecule is C=CC1N(CC(C)C)CC12CCCN2. The fourth-order valence-electron chi connectivity index (χ4n) is 3.03. The minimum atomic E-state index is 0.399. The summed E-state index contributed by atoms with van der Waals surface area (Å²) >= 11 is 0. The molecule has 1 N–H and O–H groups in total. The topological polar surface area (TPSA) is 15.3 Å². The maximum absolute atomic E-state index is 3.98. The fraction of sp³-hybridized carbons (Fsp3) is 0.833. The van der Waals surface area contributed by atoms with E-state index in [1.54, 1.807) is 0 Å². The molecule has 2 saturated heterocycles. The highest BCUT2D eigenvalue weighted by Gasteiger charge is 2.51.